The molecular weight excluding hydrogens is 366 g/mol. The summed E-state index contributed by atoms with van der Waals surface area (Å²) in [5.74, 6) is -2.00. The quantitative estimate of drug-likeness (QED) is 0.824. The highest BCUT2D eigenvalue weighted by molar-refractivity contribution is 5.94. The number of likely N-dealkylation sites (tertiary alicyclic amines) is 1. The van der Waals surface area contributed by atoms with E-state index in [1.54, 1.807) is 6.20 Å². The molecule has 0 spiro atoms. The van der Waals surface area contributed by atoms with E-state index in [1.807, 2.05) is 23.9 Å². The molecule has 0 bridgehead atoms. The Hall–Kier alpha value is -2.77. The van der Waals surface area contributed by atoms with Crippen LogP contribution in [-0.4, -0.2) is 46.1 Å². The molecule has 150 valence electrons. The SMILES string of the molecule is C[C@@H](CNC(=O)C1CCN(C(=O)c2ccc(F)cc2F)CC1)Cn1cccn1. The van der Waals surface area contributed by atoms with E-state index >= 15 is 0 Å². The van der Waals surface area contributed by atoms with Crippen LogP contribution in [0.2, 0.25) is 0 Å². The van der Waals surface area contributed by atoms with Gasteiger partial charge >= 0.3 is 0 Å². The van der Waals surface area contributed by atoms with Gasteiger partial charge in [0.15, 0.2) is 0 Å². The molecule has 2 heterocycles. The van der Waals surface area contributed by atoms with Gasteiger partial charge in [0.25, 0.3) is 5.91 Å². The summed E-state index contributed by atoms with van der Waals surface area (Å²) in [5, 5.41) is 7.12. The molecule has 0 aliphatic carbocycles. The van der Waals surface area contributed by atoms with Crippen molar-refractivity contribution >= 4 is 11.8 Å². The Morgan fingerprint density at radius 2 is 2.04 bits per heavy atom. The predicted molar refractivity (Wildman–Crippen MR) is 99.4 cm³/mol. The first-order chi connectivity index (χ1) is 13.4. The Morgan fingerprint density at radius 3 is 2.68 bits per heavy atom. The van der Waals surface area contributed by atoms with Gasteiger partial charge in [-0.3, -0.25) is 14.3 Å². The van der Waals surface area contributed by atoms with Gasteiger partial charge in [0.2, 0.25) is 5.91 Å². The molecular formula is C20H24F2N4O2. The van der Waals surface area contributed by atoms with Gasteiger partial charge in [0.1, 0.15) is 11.6 Å². The van der Waals surface area contributed by atoms with Crippen molar-refractivity contribution < 1.29 is 18.4 Å². The molecule has 1 saturated heterocycles. The maximum atomic E-state index is 13.8. The molecule has 2 aromatic rings. The number of nitrogens with one attached hydrogen (secondary N) is 1. The van der Waals surface area contributed by atoms with Gasteiger partial charge in [0.05, 0.1) is 5.56 Å². The van der Waals surface area contributed by atoms with Gasteiger partial charge in [-0.15, -0.1) is 0 Å². The predicted octanol–water partition coefficient (Wildman–Crippen LogP) is 2.47. The van der Waals surface area contributed by atoms with Gasteiger partial charge in [-0.1, -0.05) is 6.92 Å². The first-order valence-electron chi connectivity index (χ1n) is 9.43. The van der Waals surface area contributed by atoms with Crippen LogP contribution in [0.25, 0.3) is 0 Å². The summed E-state index contributed by atoms with van der Waals surface area (Å²) in [5.41, 5.74) is -0.142. The zero-order chi connectivity index (χ0) is 20.1. The van der Waals surface area contributed by atoms with Crippen LogP contribution in [0.1, 0.15) is 30.1 Å². The lowest BCUT2D eigenvalue weighted by molar-refractivity contribution is -0.126. The third-order valence-corrected chi connectivity index (χ3v) is 5.00. The minimum absolute atomic E-state index is 0.0209. The van der Waals surface area contributed by atoms with Gasteiger partial charge in [-0.2, -0.15) is 5.10 Å². The summed E-state index contributed by atoms with van der Waals surface area (Å²) in [6.07, 6.45) is 4.65. The highest BCUT2D eigenvalue weighted by Crippen LogP contribution is 2.21. The standard InChI is InChI=1S/C20H24F2N4O2/c1-14(13-26-8-2-7-24-26)12-23-19(27)15-5-9-25(10-6-15)20(28)17-4-3-16(21)11-18(17)22/h2-4,7-8,11,14-15H,5-6,9-10,12-13H2,1H3,(H,23,27)/t14-/m0/s1. The third-order valence-electron chi connectivity index (χ3n) is 5.00. The number of benzene rings is 1. The van der Waals surface area contributed by atoms with Gasteiger partial charge in [-0.25, -0.2) is 8.78 Å². The molecule has 2 amide bonds. The van der Waals surface area contributed by atoms with Crippen molar-refractivity contribution in [1.82, 2.24) is 20.0 Å². The Morgan fingerprint density at radius 1 is 1.29 bits per heavy atom. The van der Waals surface area contributed by atoms with Crippen molar-refractivity contribution in [1.29, 1.82) is 0 Å². The van der Waals surface area contributed by atoms with E-state index in [2.05, 4.69) is 10.4 Å². The highest BCUT2D eigenvalue weighted by atomic mass is 19.1. The number of amides is 2. The average Bonchev–Trinajstić information content (AvgIpc) is 3.19. The molecule has 1 aliphatic rings. The Balaban J connectivity index is 1.45. The van der Waals surface area contributed by atoms with E-state index in [9.17, 15) is 18.4 Å². The van der Waals surface area contributed by atoms with Crippen molar-refractivity contribution in [2.45, 2.75) is 26.3 Å². The molecule has 8 heteroatoms. The second-order valence-corrected chi connectivity index (χ2v) is 7.27. The average molecular weight is 390 g/mol. The number of piperidine rings is 1. The van der Waals surface area contributed by atoms with Crippen molar-refractivity contribution in [2.75, 3.05) is 19.6 Å². The van der Waals surface area contributed by atoms with E-state index in [-0.39, 0.29) is 23.3 Å². The number of halogens is 2. The molecule has 1 aromatic heterocycles. The van der Waals surface area contributed by atoms with Crippen LogP contribution in [0.15, 0.2) is 36.7 Å². The number of nitrogens with zero attached hydrogens (tertiary/aromatic N) is 3. The largest absolute Gasteiger partial charge is 0.356 e. The zero-order valence-corrected chi connectivity index (χ0v) is 15.8. The summed E-state index contributed by atoms with van der Waals surface area (Å²) < 4.78 is 28.7. The molecule has 1 N–H and O–H groups in total. The van der Waals surface area contributed by atoms with E-state index < -0.39 is 17.5 Å². The third kappa shape index (κ3) is 4.94. The lowest BCUT2D eigenvalue weighted by Crippen LogP contribution is -2.44. The minimum Gasteiger partial charge on any atom is -0.356 e. The topological polar surface area (TPSA) is 67.2 Å². The smallest absolute Gasteiger partial charge is 0.256 e. The lowest BCUT2D eigenvalue weighted by Gasteiger charge is -2.31. The van der Waals surface area contributed by atoms with Crippen LogP contribution in [0.3, 0.4) is 0 Å². The molecule has 6 nitrogen and oxygen atoms in total. The monoisotopic (exact) mass is 390 g/mol. The van der Waals surface area contributed by atoms with Crippen molar-refractivity contribution in [3.05, 3.63) is 53.9 Å². The number of hydrogen-bond acceptors (Lipinski definition) is 3. The van der Waals surface area contributed by atoms with E-state index in [0.717, 1.165) is 18.7 Å². The van der Waals surface area contributed by atoms with E-state index in [0.29, 0.717) is 38.5 Å². The molecule has 1 atom stereocenters. The Labute approximate surface area is 162 Å². The lowest BCUT2D eigenvalue weighted by atomic mass is 9.95. The summed E-state index contributed by atoms with van der Waals surface area (Å²) in [7, 11) is 0. The van der Waals surface area contributed by atoms with E-state index in [1.165, 1.54) is 4.90 Å². The summed E-state index contributed by atoms with van der Waals surface area (Å²) in [6.45, 7) is 4.07. The van der Waals surface area contributed by atoms with Crippen LogP contribution < -0.4 is 5.32 Å². The van der Waals surface area contributed by atoms with E-state index in [4.69, 9.17) is 0 Å². The summed E-state index contributed by atoms with van der Waals surface area (Å²) >= 11 is 0. The first-order valence-corrected chi connectivity index (χ1v) is 9.43. The van der Waals surface area contributed by atoms with Gasteiger partial charge in [-0.05, 0) is 37.0 Å². The fraction of sp³-hybridized carbons (Fsp3) is 0.450. The Bertz CT molecular complexity index is 818. The van der Waals surface area contributed by atoms with Crippen LogP contribution in [0.4, 0.5) is 8.78 Å². The Kier molecular flexibility index (Phi) is 6.38. The number of carbonyl (C=O) groups is 2. The molecule has 1 aliphatic heterocycles. The number of aromatic nitrogens is 2. The second-order valence-electron chi connectivity index (χ2n) is 7.27. The minimum atomic E-state index is -0.865. The number of rotatable bonds is 6. The fourth-order valence-corrected chi connectivity index (χ4v) is 3.39. The van der Waals surface area contributed by atoms with Crippen molar-refractivity contribution in [2.24, 2.45) is 11.8 Å². The number of carbonyl (C=O) groups excluding carboxylic acids is 2. The highest BCUT2D eigenvalue weighted by Gasteiger charge is 2.29. The van der Waals surface area contributed by atoms with Crippen molar-refractivity contribution in [3.8, 4) is 0 Å². The van der Waals surface area contributed by atoms with Crippen molar-refractivity contribution in [3.63, 3.8) is 0 Å². The number of hydrogen-bond donors (Lipinski definition) is 1. The maximum absolute atomic E-state index is 13.8. The second kappa shape index (κ2) is 8.95. The summed E-state index contributed by atoms with van der Waals surface area (Å²) in [6, 6.07) is 4.80. The van der Waals surface area contributed by atoms with Gasteiger partial charge in [0, 0.05) is 50.6 Å². The fourth-order valence-electron chi connectivity index (χ4n) is 3.39. The maximum Gasteiger partial charge on any atom is 0.256 e. The molecule has 28 heavy (non-hydrogen) atoms. The molecule has 0 unspecified atom stereocenters. The molecule has 3 rings (SSSR count). The van der Waals surface area contributed by atoms with Crippen LogP contribution >= 0.6 is 0 Å². The normalized spacial score (nSPS) is 16.0. The summed E-state index contributed by atoms with van der Waals surface area (Å²) in [4.78, 5) is 26.3. The molecule has 0 radical (unpaired) electrons. The molecule has 1 aromatic carbocycles. The first kappa shape index (κ1) is 20.0. The zero-order valence-electron chi connectivity index (χ0n) is 15.8. The van der Waals surface area contributed by atoms with Crippen LogP contribution in [0.5, 0.6) is 0 Å². The van der Waals surface area contributed by atoms with Gasteiger partial charge < -0.3 is 10.2 Å². The molecule has 1 fully saturated rings. The van der Waals surface area contributed by atoms with Crippen LogP contribution in [0, 0.1) is 23.5 Å². The van der Waals surface area contributed by atoms with Crippen LogP contribution in [-0.2, 0) is 11.3 Å². The molecule has 0 saturated carbocycles.